The van der Waals surface area contributed by atoms with Gasteiger partial charge in [-0.15, -0.1) is 0 Å². The van der Waals surface area contributed by atoms with Gasteiger partial charge in [0.05, 0.1) is 18.9 Å². The van der Waals surface area contributed by atoms with Crippen molar-refractivity contribution in [3.8, 4) is 0 Å². The van der Waals surface area contributed by atoms with Crippen LogP contribution >= 0.6 is 0 Å². The van der Waals surface area contributed by atoms with Crippen molar-refractivity contribution in [3.05, 3.63) is 53.3 Å². The summed E-state index contributed by atoms with van der Waals surface area (Å²) in [6.45, 7) is 6.46. The molecule has 5 heteroatoms. The van der Waals surface area contributed by atoms with Crippen LogP contribution in [0.2, 0.25) is 0 Å². The predicted octanol–water partition coefficient (Wildman–Crippen LogP) is 1.91. The molecule has 2 aliphatic rings. The zero-order chi connectivity index (χ0) is 16.2. The number of benzene rings is 1. The SMILES string of the molecule is c1ccc(CCN2CCc3nc(N4CCOCC4)ncc3C2)cc1. The Bertz CT molecular complexity index is 670. The first-order valence-electron chi connectivity index (χ1n) is 8.82. The molecule has 0 saturated carbocycles. The van der Waals surface area contributed by atoms with E-state index in [2.05, 4.69) is 45.1 Å². The fraction of sp³-hybridized carbons (Fsp3) is 0.474. The summed E-state index contributed by atoms with van der Waals surface area (Å²) in [5, 5.41) is 0. The van der Waals surface area contributed by atoms with Crippen molar-refractivity contribution in [2.24, 2.45) is 0 Å². The van der Waals surface area contributed by atoms with Crippen LogP contribution in [0, 0.1) is 0 Å². The number of fused-ring (bicyclic) bond motifs is 1. The van der Waals surface area contributed by atoms with Crippen LogP contribution < -0.4 is 4.90 Å². The Morgan fingerprint density at radius 3 is 2.71 bits per heavy atom. The van der Waals surface area contributed by atoms with E-state index in [1.165, 1.54) is 16.8 Å². The van der Waals surface area contributed by atoms with Gasteiger partial charge in [-0.05, 0) is 12.0 Å². The number of hydrogen-bond donors (Lipinski definition) is 0. The van der Waals surface area contributed by atoms with Crippen LogP contribution in [0.15, 0.2) is 36.5 Å². The zero-order valence-corrected chi connectivity index (χ0v) is 14.0. The quantitative estimate of drug-likeness (QED) is 0.859. The fourth-order valence-corrected chi connectivity index (χ4v) is 3.40. The van der Waals surface area contributed by atoms with E-state index in [1.807, 2.05) is 6.20 Å². The predicted molar refractivity (Wildman–Crippen MR) is 94.2 cm³/mol. The average Bonchev–Trinajstić information content (AvgIpc) is 2.67. The van der Waals surface area contributed by atoms with Gasteiger partial charge in [0.25, 0.3) is 0 Å². The molecular weight excluding hydrogens is 300 g/mol. The second-order valence-corrected chi connectivity index (χ2v) is 6.50. The Balaban J connectivity index is 1.38. The third-order valence-electron chi connectivity index (χ3n) is 4.85. The van der Waals surface area contributed by atoms with Gasteiger partial charge in [0, 0.05) is 50.9 Å². The highest BCUT2D eigenvalue weighted by atomic mass is 16.5. The van der Waals surface area contributed by atoms with Crippen LogP contribution in [0.25, 0.3) is 0 Å². The molecule has 1 aromatic heterocycles. The lowest BCUT2D eigenvalue weighted by Crippen LogP contribution is -2.38. The Morgan fingerprint density at radius 2 is 1.88 bits per heavy atom. The van der Waals surface area contributed by atoms with Gasteiger partial charge in [-0.2, -0.15) is 0 Å². The Hall–Kier alpha value is -1.98. The molecule has 0 atom stereocenters. The van der Waals surface area contributed by atoms with Crippen molar-refractivity contribution in [1.82, 2.24) is 14.9 Å². The Kier molecular flexibility index (Phi) is 4.71. The average molecular weight is 324 g/mol. The molecule has 1 aromatic carbocycles. The number of rotatable bonds is 4. The maximum atomic E-state index is 5.41. The van der Waals surface area contributed by atoms with Crippen molar-refractivity contribution in [1.29, 1.82) is 0 Å². The van der Waals surface area contributed by atoms with Crippen molar-refractivity contribution in [2.75, 3.05) is 44.3 Å². The zero-order valence-electron chi connectivity index (χ0n) is 14.0. The smallest absolute Gasteiger partial charge is 0.225 e. The number of ether oxygens (including phenoxy) is 1. The number of nitrogens with zero attached hydrogens (tertiary/aromatic N) is 4. The van der Waals surface area contributed by atoms with Crippen LogP contribution in [-0.4, -0.2) is 54.3 Å². The normalized spacial score (nSPS) is 18.4. The molecule has 0 spiro atoms. The highest BCUT2D eigenvalue weighted by Gasteiger charge is 2.20. The van der Waals surface area contributed by atoms with E-state index in [0.29, 0.717) is 0 Å². The van der Waals surface area contributed by atoms with Crippen molar-refractivity contribution in [3.63, 3.8) is 0 Å². The molecule has 3 heterocycles. The molecule has 0 unspecified atom stereocenters. The van der Waals surface area contributed by atoms with E-state index in [0.717, 1.165) is 64.7 Å². The van der Waals surface area contributed by atoms with Gasteiger partial charge < -0.3 is 9.64 Å². The molecule has 126 valence electrons. The molecule has 0 radical (unpaired) electrons. The van der Waals surface area contributed by atoms with Gasteiger partial charge in [-0.25, -0.2) is 9.97 Å². The number of morpholine rings is 1. The third kappa shape index (κ3) is 3.57. The molecule has 2 aromatic rings. The van der Waals surface area contributed by atoms with Gasteiger partial charge in [0.2, 0.25) is 5.95 Å². The minimum Gasteiger partial charge on any atom is -0.378 e. The summed E-state index contributed by atoms with van der Waals surface area (Å²) in [6.07, 6.45) is 4.15. The molecule has 5 nitrogen and oxygen atoms in total. The van der Waals surface area contributed by atoms with Crippen LogP contribution in [0.3, 0.4) is 0 Å². The van der Waals surface area contributed by atoms with Crippen LogP contribution in [0.4, 0.5) is 5.95 Å². The Labute approximate surface area is 143 Å². The van der Waals surface area contributed by atoms with E-state index < -0.39 is 0 Å². The maximum Gasteiger partial charge on any atom is 0.225 e. The van der Waals surface area contributed by atoms with Crippen molar-refractivity contribution >= 4 is 5.95 Å². The summed E-state index contributed by atoms with van der Waals surface area (Å²) < 4.78 is 5.41. The van der Waals surface area contributed by atoms with Gasteiger partial charge in [-0.1, -0.05) is 30.3 Å². The number of hydrogen-bond acceptors (Lipinski definition) is 5. The number of aromatic nitrogens is 2. The second kappa shape index (κ2) is 7.28. The van der Waals surface area contributed by atoms with Gasteiger partial charge in [-0.3, -0.25) is 4.90 Å². The van der Waals surface area contributed by atoms with Crippen LogP contribution in [0.5, 0.6) is 0 Å². The molecule has 0 amide bonds. The summed E-state index contributed by atoms with van der Waals surface area (Å²) in [6, 6.07) is 10.7. The highest BCUT2D eigenvalue weighted by Crippen LogP contribution is 2.20. The lowest BCUT2D eigenvalue weighted by molar-refractivity contribution is 0.122. The first-order chi connectivity index (χ1) is 11.9. The topological polar surface area (TPSA) is 41.5 Å². The second-order valence-electron chi connectivity index (χ2n) is 6.50. The largest absolute Gasteiger partial charge is 0.378 e. The molecule has 1 saturated heterocycles. The summed E-state index contributed by atoms with van der Waals surface area (Å²) in [4.78, 5) is 14.2. The van der Waals surface area contributed by atoms with Crippen LogP contribution in [-0.2, 0) is 24.1 Å². The number of anilines is 1. The minimum atomic E-state index is 0.772. The van der Waals surface area contributed by atoms with E-state index in [9.17, 15) is 0 Å². The van der Waals surface area contributed by atoms with E-state index in [-0.39, 0.29) is 0 Å². The lowest BCUT2D eigenvalue weighted by atomic mass is 10.1. The molecule has 0 N–H and O–H groups in total. The van der Waals surface area contributed by atoms with Crippen molar-refractivity contribution in [2.45, 2.75) is 19.4 Å². The fourth-order valence-electron chi connectivity index (χ4n) is 3.40. The molecule has 24 heavy (non-hydrogen) atoms. The van der Waals surface area contributed by atoms with Crippen LogP contribution in [0.1, 0.15) is 16.8 Å². The maximum absolute atomic E-state index is 5.41. The van der Waals surface area contributed by atoms with E-state index in [4.69, 9.17) is 9.72 Å². The molecule has 0 aliphatic carbocycles. The van der Waals surface area contributed by atoms with Gasteiger partial charge in [0.1, 0.15) is 0 Å². The third-order valence-corrected chi connectivity index (χ3v) is 4.85. The molecular formula is C19H24N4O. The lowest BCUT2D eigenvalue weighted by Gasteiger charge is -2.30. The van der Waals surface area contributed by atoms with Crippen molar-refractivity contribution < 1.29 is 4.74 Å². The van der Waals surface area contributed by atoms with Gasteiger partial charge >= 0.3 is 0 Å². The summed E-state index contributed by atoms with van der Waals surface area (Å²) >= 11 is 0. The standard InChI is InChI=1S/C19H24N4O/c1-2-4-16(5-3-1)6-8-22-9-7-18-17(15-22)14-20-19(21-18)23-10-12-24-13-11-23/h1-5,14H,6-13,15H2. The van der Waals surface area contributed by atoms with Gasteiger partial charge in [0.15, 0.2) is 0 Å². The monoisotopic (exact) mass is 324 g/mol. The Morgan fingerprint density at radius 1 is 1.04 bits per heavy atom. The van der Waals surface area contributed by atoms with E-state index in [1.54, 1.807) is 0 Å². The molecule has 0 bridgehead atoms. The summed E-state index contributed by atoms with van der Waals surface area (Å²) in [7, 11) is 0. The molecule has 1 fully saturated rings. The highest BCUT2D eigenvalue weighted by molar-refractivity contribution is 5.34. The summed E-state index contributed by atoms with van der Waals surface area (Å²) in [5.74, 6) is 0.870. The minimum absolute atomic E-state index is 0.772. The first-order valence-corrected chi connectivity index (χ1v) is 8.82. The van der Waals surface area contributed by atoms with E-state index >= 15 is 0 Å². The first kappa shape index (κ1) is 15.5. The molecule has 4 rings (SSSR count). The summed E-state index contributed by atoms with van der Waals surface area (Å²) in [5.41, 5.74) is 3.91. The molecule has 2 aliphatic heterocycles.